The molecular formula is C10H12N6O2. The Balaban J connectivity index is 1.87. The van der Waals surface area contributed by atoms with Crippen LogP contribution in [-0.4, -0.2) is 27.6 Å². The Kier molecular flexibility index (Phi) is 3.82. The Morgan fingerprint density at radius 2 is 2.33 bits per heavy atom. The molecule has 2 heterocycles. The first kappa shape index (κ1) is 12.0. The van der Waals surface area contributed by atoms with E-state index in [1.54, 1.807) is 12.1 Å². The Labute approximate surface area is 103 Å². The summed E-state index contributed by atoms with van der Waals surface area (Å²) in [6, 6.07) is 3.16. The van der Waals surface area contributed by atoms with Crippen LogP contribution in [0.3, 0.4) is 0 Å². The van der Waals surface area contributed by atoms with Crippen molar-refractivity contribution < 1.29 is 9.32 Å². The van der Waals surface area contributed by atoms with Gasteiger partial charge in [-0.2, -0.15) is 4.98 Å². The van der Waals surface area contributed by atoms with Gasteiger partial charge in [-0.05, 0) is 12.1 Å². The first-order chi connectivity index (χ1) is 8.79. The van der Waals surface area contributed by atoms with Crippen LogP contribution in [0.2, 0.25) is 0 Å². The molecule has 2 aromatic rings. The standard InChI is InChI=1S/C10H12N6O2/c11-16-8-5-7(1-3-12-8)10(17)13-4-2-9-14-6-15-18-9/h1,3,5-6H,2,4,11H2,(H,12,16)(H,13,17). The minimum atomic E-state index is -0.214. The third kappa shape index (κ3) is 3.01. The van der Waals surface area contributed by atoms with Gasteiger partial charge in [0.15, 0.2) is 6.33 Å². The van der Waals surface area contributed by atoms with Gasteiger partial charge in [0.1, 0.15) is 5.82 Å². The molecule has 0 aliphatic rings. The number of hydrazine groups is 1. The summed E-state index contributed by atoms with van der Waals surface area (Å²) in [5, 5.41) is 6.20. The van der Waals surface area contributed by atoms with Crippen LogP contribution in [0.1, 0.15) is 16.2 Å². The summed E-state index contributed by atoms with van der Waals surface area (Å²) < 4.78 is 4.81. The fraction of sp³-hybridized carbons (Fsp3) is 0.200. The number of carbonyl (C=O) groups excluding carboxylic acids is 1. The molecular weight excluding hydrogens is 236 g/mol. The zero-order valence-corrected chi connectivity index (χ0v) is 9.46. The molecule has 0 radical (unpaired) electrons. The van der Waals surface area contributed by atoms with Crippen LogP contribution in [-0.2, 0) is 6.42 Å². The largest absolute Gasteiger partial charge is 0.352 e. The minimum absolute atomic E-state index is 0.214. The predicted molar refractivity (Wildman–Crippen MR) is 62.4 cm³/mol. The molecule has 0 fully saturated rings. The molecule has 4 N–H and O–H groups in total. The van der Waals surface area contributed by atoms with Gasteiger partial charge in [-0.15, -0.1) is 0 Å². The molecule has 0 unspecified atom stereocenters. The molecule has 0 atom stereocenters. The maximum atomic E-state index is 11.8. The van der Waals surface area contributed by atoms with E-state index in [9.17, 15) is 4.79 Å². The van der Waals surface area contributed by atoms with E-state index < -0.39 is 0 Å². The van der Waals surface area contributed by atoms with Gasteiger partial charge < -0.3 is 15.3 Å². The number of nitrogens with one attached hydrogen (secondary N) is 2. The highest BCUT2D eigenvalue weighted by Crippen LogP contribution is 2.04. The zero-order chi connectivity index (χ0) is 12.8. The topological polar surface area (TPSA) is 119 Å². The summed E-state index contributed by atoms with van der Waals surface area (Å²) >= 11 is 0. The summed E-state index contributed by atoms with van der Waals surface area (Å²) in [5.74, 6) is 5.91. The van der Waals surface area contributed by atoms with Crippen molar-refractivity contribution in [3.63, 3.8) is 0 Å². The summed E-state index contributed by atoms with van der Waals surface area (Å²) in [7, 11) is 0. The van der Waals surface area contributed by atoms with E-state index in [1.807, 2.05) is 0 Å². The highest BCUT2D eigenvalue weighted by molar-refractivity contribution is 5.94. The van der Waals surface area contributed by atoms with Crippen molar-refractivity contribution in [2.45, 2.75) is 6.42 Å². The number of amides is 1. The van der Waals surface area contributed by atoms with Crippen LogP contribution in [0.5, 0.6) is 0 Å². The molecule has 2 aromatic heterocycles. The molecule has 0 aliphatic carbocycles. The Hall–Kier alpha value is -2.48. The van der Waals surface area contributed by atoms with Gasteiger partial charge in [-0.25, -0.2) is 10.8 Å². The van der Waals surface area contributed by atoms with Gasteiger partial charge in [0.05, 0.1) is 0 Å². The molecule has 0 saturated heterocycles. The van der Waals surface area contributed by atoms with Gasteiger partial charge in [0, 0.05) is 24.7 Å². The fourth-order valence-corrected chi connectivity index (χ4v) is 1.34. The van der Waals surface area contributed by atoms with Crippen molar-refractivity contribution in [2.75, 3.05) is 12.0 Å². The normalized spacial score (nSPS) is 10.1. The highest BCUT2D eigenvalue weighted by atomic mass is 16.5. The number of nitrogens with two attached hydrogens (primary N) is 1. The third-order valence-corrected chi connectivity index (χ3v) is 2.20. The minimum Gasteiger partial charge on any atom is -0.352 e. The fourth-order valence-electron chi connectivity index (χ4n) is 1.34. The van der Waals surface area contributed by atoms with Crippen LogP contribution in [0.4, 0.5) is 5.82 Å². The zero-order valence-electron chi connectivity index (χ0n) is 9.46. The van der Waals surface area contributed by atoms with Crippen molar-refractivity contribution in [2.24, 2.45) is 5.84 Å². The van der Waals surface area contributed by atoms with E-state index in [-0.39, 0.29) is 5.91 Å². The van der Waals surface area contributed by atoms with Crippen LogP contribution < -0.4 is 16.6 Å². The van der Waals surface area contributed by atoms with Crippen LogP contribution >= 0.6 is 0 Å². The highest BCUT2D eigenvalue weighted by Gasteiger charge is 2.07. The van der Waals surface area contributed by atoms with Gasteiger partial charge in [-0.1, -0.05) is 5.16 Å². The summed E-state index contributed by atoms with van der Waals surface area (Å²) in [6.07, 6.45) is 3.31. The van der Waals surface area contributed by atoms with Crippen molar-refractivity contribution >= 4 is 11.7 Å². The maximum Gasteiger partial charge on any atom is 0.251 e. The number of carbonyl (C=O) groups is 1. The van der Waals surface area contributed by atoms with Gasteiger partial charge >= 0.3 is 0 Å². The Morgan fingerprint density at radius 3 is 3.06 bits per heavy atom. The lowest BCUT2D eigenvalue weighted by atomic mass is 10.2. The summed E-state index contributed by atoms with van der Waals surface area (Å²) in [5.41, 5.74) is 2.85. The van der Waals surface area contributed by atoms with Gasteiger partial charge in [0.2, 0.25) is 5.89 Å². The van der Waals surface area contributed by atoms with E-state index >= 15 is 0 Å². The first-order valence-electron chi connectivity index (χ1n) is 5.26. The number of hydrogen-bond donors (Lipinski definition) is 3. The predicted octanol–water partition coefficient (Wildman–Crippen LogP) is -0.277. The van der Waals surface area contributed by atoms with Gasteiger partial charge in [-0.3, -0.25) is 4.79 Å². The van der Waals surface area contributed by atoms with E-state index in [2.05, 4.69) is 25.9 Å². The van der Waals surface area contributed by atoms with E-state index in [0.29, 0.717) is 30.2 Å². The second-order valence-corrected chi connectivity index (χ2v) is 3.41. The number of anilines is 1. The molecule has 18 heavy (non-hydrogen) atoms. The number of rotatable bonds is 5. The molecule has 0 bridgehead atoms. The van der Waals surface area contributed by atoms with Crippen molar-refractivity contribution in [1.82, 2.24) is 20.4 Å². The number of aromatic nitrogens is 3. The van der Waals surface area contributed by atoms with Gasteiger partial charge in [0.25, 0.3) is 5.91 Å². The second-order valence-electron chi connectivity index (χ2n) is 3.41. The number of nitrogen functional groups attached to an aromatic ring is 1. The number of pyridine rings is 1. The molecule has 8 nitrogen and oxygen atoms in total. The SMILES string of the molecule is NNc1cc(C(=O)NCCc2ncno2)ccn1. The van der Waals surface area contributed by atoms with Crippen LogP contribution in [0, 0.1) is 0 Å². The molecule has 8 heteroatoms. The van der Waals surface area contributed by atoms with Crippen molar-refractivity contribution in [1.29, 1.82) is 0 Å². The number of nitrogens with zero attached hydrogens (tertiary/aromatic N) is 3. The molecule has 1 amide bonds. The maximum absolute atomic E-state index is 11.8. The van der Waals surface area contributed by atoms with E-state index in [4.69, 9.17) is 10.4 Å². The molecule has 0 aliphatic heterocycles. The van der Waals surface area contributed by atoms with Crippen molar-refractivity contribution in [3.8, 4) is 0 Å². The Morgan fingerprint density at radius 1 is 1.44 bits per heavy atom. The average Bonchev–Trinajstić information content (AvgIpc) is 2.92. The quantitative estimate of drug-likeness (QED) is 0.492. The first-order valence-corrected chi connectivity index (χ1v) is 5.26. The average molecular weight is 248 g/mol. The van der Waals surface area contributed by atoms with E-state index in [0.717, 1.165) is 0 Å². The lowest BCUT2D eigenvalue weighted by Gasteiger charge is -2.04. The summed E-state index contributed by atoms with van der Waals surface area (Å²) in [6.45, 7) is 0.411. The molecule has 94 valence electrons. The Bertz CT molecular complexity index is 513. The second kappa shape index (κ2) is 5.73. The lowest BCUT2D eigenvalue weighted by molar-refractivity contribution is 0.0953. The van der Waals surface area contributed by atoms with Crippen molar-refractivity contribution in [3.05, 3.63) is 36.1 Å². The van der Waals surface area contributed by atoms with E-state index in [1.165, 1.54) is 12.5 Å². The number of hydrogen-bond acceptors (Lipinski definition) is 7. The van der Waals surface area contributed by atoms with Crippen LogP contribution in [0.25, 0.3) is 0 Å². The molecule has 0 aromatic carbocycles. The molecule has 0 saturated carbocycles. The lowest BCUT2D eigenvalue weighted by Crippen LogP contribution is -2.26. The summed E-state index contributed by atoms with van der Waals surface area (Å²) in [4.78, 5) is 19.5. The van der Waals surface area contributed by atoms with Crippen LogP contribution in [0.15, 0.2) is 29.2 Å². The molecule has 2 rings (SSSR count). The third-order valence-electron chi connectivity index (χ3n) is 2.20. The monoisotopic (exact) mass is 248 g/mol. The smallest absolute Gasteiger partial charge is 0.251 e. The molecule has 0 spiro atoms.